The molecule has 1 N–H and O–H groups in total. The SMILES string of the molecule is O=c1[nH]ccc2c(-c3ccnc(Cc4cc(F)cc(C(F)(F)F)c4)c3)cccc12. The molecule has 0 bridgehead atoms. The van der Waals surface area contributed by atoms with Crippen LogP contribution in [0.4, 0.5) is 17.6 Å². The molecule has 0 saturated carbocycles. The van der Waals surface area contributed by atoms with E-state index in [1.54, 1.807) is 42.7 Å². The Labute approximate surface area is 162 Å². The molecule has 0 spiro atoms. The van der Waals surface area contributed by atoms with Gasteiger partial charge in [0.25, 0.3) is 5.56 Å². The first kappa shape index (κ1) is 18.9. The van der Waals surface area contributed by atoms with E-state index >= 15 is 0 Å². The van der Waals surface area contributed by atoms with Crippen molar-refractivity contribution in [3.05, 3.63) is 100.0 Å². The van der Waals surface area contributed by atoms with Crippen LogP contribution in [-0.2, 0) is 12.6 Å². The van der Waals surface area contributed by atoms with E-state index in [-0.39, 0.29) is 17.5 Å². The van der Waals surface area contributed by atoms with Crippen LogP contribution in [0.25, 0.3) is 21.9 Å². The van der Waals surface area contributed by atoms with Gasteiger partial charge in [0.1, 0.15) is 5.82 Å². The Morgan fingerprint density at radius 3 is 2.59 bits per heavy atom. The average Bonchev–Trinajstić information content (AvgIpc) is 2.67. The van der Waals surface area contributed by atoms with Gasteiger partial charge in [-0.05, 0) is 64.5 Å². The van der Waals surface area contributed by atoms with Crippen molar-refractivity contribution in [1.82, 2.24) is 9.97 Å². The minimum absolute atomic E-state index is 0.0417. The van der Waals surface area contributed by atoms with Crippen molar-refractivity contribution in [3.8, 4) is 11.1 Å². The van der Waals surface area contributed by atoms with Crippen molar-refractivity contribution in [1.29, 1.82) is 0 Å². The molecule has 0 unspecified atom stereocenters. The molecule has 2 aromatic carbocycles. The van der Waals surface area contributed by atoms with E-state index in [0.29, 0.717) is 17.1 Å². The number of alkyl halides is 3. The number of hydrogen-bond donors (Lipinski definition) is 1. The van der Waals surface area contributed by atoms with Crippen LogP contribution in [-0.4, -0.2) is 9.97 Å². The lowest BCUT2D eigenvalue weighted by Crippen LogP contribution is -2.07. The molecule has 0 fully saturated rings. The molecule has 0 saturated heterocycles. The van der Waals surface area contributed by atoms with E-state index in [9.17, 15) is 22.4 Å². The number of fused-ring (bicyclic) bond motifs is 1. The van der Waals surface area contributed by atoms with Gasteiger partial charge >= 0.3 is 6.18 Å². The molecule has 3 nitrogen and oxygen atoms in total. The van der Waals surface area contributed by atoms with Crippen LogP contribution in [0.1, 0.15) is 16.8 Å². The average molecular weight is 398 g/mol. The van der Waals surface area contributed by atoms with Crippen LogP contribution in [0.15, 0.2) is 71.8 Å². The molecule has 146 valence electrons. The van der Waals surface area contributed by atoms with Crippen LogP contribution in [0.5, 0.6) is 0 Å². The quantitative estimate of drug-likeness (QED) is 0.474. The number of benzene rings is 2. The van der Waals surface area contributed by atoms with Crippen molar-refractivity contribution in [2.24, 2.45) is 0 Å². The highest BCUT2D eigenvalue weighted by Gasteiger charge is 2.31. The number of nitrogens with zero attached hydrogens (tertiary/aromatic N) is 1. The number of nitrogens with one attached hydrogen (secondary N) is 1. The molecule has 0 amide bonds. The second-order valence-electron chi connectivity index (χ2n) is 6.63. The van der Waals surface area contributed by atoms with Crippen LogP contribution < -0.4 is 5.56 Å². The van der Waals surface area contributed by atoms with Gasteiger partial charge in [-0.1, -0.05) is 12.1 Å². The topological polar surface area (TPSA) is 45.8 Å². The lowest BCUT2D eigenvalue weighted by atomic mass is 9.98. The van der Waals surface area contributed by atoms with E-state index in [1.807, 2.05) is 6.07 Å². The van der Waals surface area contributed by atoms with Gasteiger partial charge in [0.15, 0.2) is 0 Å². The van der Waals surface area contributed by atoms with Crippen molar-refractivity contribution >= 4 is 10.8 Å². The number of hydrogen-bond acceptors (Lipinski definition) is 2. The smallest absolute Gasteiger partial charge is 0.329 e. The van der Waals surface area contributed by atoms with Gasteiger partial charge in [-0.25, -0.2) is 4.39 Å². The molecular weight excluding hydrogens is 384 g/mol. The van der Waals surface area contributed by atoms with Gasteiger partial charge in [0.2, 0.25) is 0 Å². The molecule has 29 heavy (non-hydrogen) atoms. The zero-order valence-corrected chi connectivity index (χ0v) is 14.9. The van der Waals surface area contributed by atoms with Gasteiger partial charge in [-0.15, -0.1) is 0 Å². The van der Waals surface area contributed by atoms with Crippen LogP contribution >= 0.6 is 0 Å². The largest absolute Gasteiger partial charge is 0.416 e. The first-order valence-corrected chi connectivity index (χ1v) is 8.74. The molecule has 7 heteroatoms. The number of halogens is 4. The molecule has 0 aliphatic carbocycles. The summed E-state index contributed by atoms with van der Waals surface area (Å²) in [6.45, 7) is 0. The molecule has 2 heterocycles. The van der Waals surface area contributed by atoms with Gasteiger partial charge in [-0.3, -0.25) is 9.78 Å². The van der Waals surface area contributed by atoms with Crippen molar-refractivity contribution in [2.75, 3.05) is 0 Å². The third-order valence-corrected chi connectivity index (χ3v) is 4.61. The predicted molar refractivity (Wildman–Crippen MR) is 102 cm³/mol. The van der Waals surface area contributed by atoms with Crippen molar-refractivity contribution in [2.45, 2.75) is 12.6 Å². The van der Waals surface area contributed by atoms with Gasteiger partial charge in [0, 0.05) is 29.9 Å². The lowest BCUT2D eigenvalue weighted by molar-refractivity contribution is -0.137. The highest BCUT2D eigenvalue weighted by molar-refractivity contribution is 5.95. The first-order valence-electron chi connectivity index (χ1n) is 8.74. The zero-order valence-electron chi connectivity index (χ0n) is 14.9. The maximum absolute atomic E-state index is 13.7. The maximum atomic E-state index is 13.7. The summed E-state index contributed by atoms with van der Waals surface area (Å²) in [5.41, 5.74) is 0.987. The van der Waals surface area contributed by atoms with E-state index < -0.39 is 17.6 Å². The van der Waals surface area contributed by atoms with E-state index in [4.69, 9.17) is 0 Å². The number of pyridine rings is 2. The lowest BCUT2D eigenvalue weighted by Gasteiger charge is -2.11. The highest BCUT2D eigenvalue weighted by atomic mass is 19.4. The highest BCUT2D eigenvalue weighted by Crippen LogP contribution is 2.31. The Hall–Kier alpha value is -3.48. The number of rotatable bonds is 3. The second-order valence-corrected chi connectivity index (χ2v) is 6.63. The summed E-state index contributed by atoms with van der Waals surface area (Å²) >= 11 is 0. The summed E-state index contributed by atoms with van der Waals surface area (Å²) in [4.78, 5) is 18.9. The Morgan fingerprint density at radius 2 is 1.79 bits per heavy atom. The molecule has 0 atom stereocenters. The summed E-state index contributed by atoms with van der Waals surface area (Å²) in [7, 11) is 0. The summed E-state index contributed by atoms with van der Waals surface area (Å²) in [6.07, 6.45) is -1.48. The Morgan fingerprint density at radius 1 is 0.966 bits per heavy atom. The first-order chi connectivity index (χ1) is 13.8. The summed E-state index contributed by atoms with van der Waals surface area (Å²) in [6, 6.07) is 13.1. The van der Waals surface area contributed by atoms with Gasteiger partial charge in [0.05, 0.1) is 5.56 Å². The third kappa shape index (κ3) is 3.89. The molecule has 4 rings (SSSR count). The molecule has 0 aliphatic rings. The third-order valence-electron chi connectivity index (χ3n) is 4.61. The van der Waals surface area contributed by atoms with Gasteiger partial charge in [-0.2, -0.15) is 13.2 Å². The van der Waals surface area contributed by atoms with E-state index in [1.165, 1.54) is 0 Å². The van der Waals surface area contributed by atoms with E-state index in [2.05, 4.69) is 9.97 Å². The molecule has 2 aromatic heterocycles. The normalized spacial score (nSPS) is 11.7. The fourth-order valence-electron chi connectivity index (χ4n) is 3.34. The second kappa shape index (κ2) is 7.16. The molecule has 0 aliphatic heterocycles. The van der Waals surface area contributed by atoms with Crippen LogP contribution in [0, 0.1) is 5.82 Å². The Balaban J connectivity index is 1.74. The standard InChI is InChI=1S/C22H14F4N2O/c23-16-9-13(8-15(12-16)22(24,25)26)10-17-11-14(4-6-27-17)18-2-1-3-20-19(18)5-7-28-21(20)29/h1-9,11-12H,10H2,(H,28,29). The molecular formula is C22H14F4N2O. The molecule has 0 radical (unpaired) electrons. The summed E-state index contributed by atoms with van der Waals surface area (Å²) in [5, 5.41) is 1.28. The minimum atomic E-state index is -4.62. The Kier molecular flexibility index (Phi) is 4.66. The fourth-order valence-corrected chi connectivity index (χ4v) is 3.34. The van der Waals surface area contributed by atoms with Crippen molar-refractivity contribution in [3.63, 3.8) is 0 Å². The van der Waals surface area contributed by atoms with Crippen molar-refractivity contribution < 1.29 is 17.6 Å². The summed E-state index contributed by atoms with van der Waals surface area (Å²) < 4.78 is 52.5. The monoisotopic (exact) mass is 398 g/mol. The zero-order chi connectivity index (χ0) is 20.6. The van der Waals surface area contributed by atoms with Gasteiger partial charge < -0.3 is 4.98 Å². The number of aromatic amines is 1. The Bertz CT molecular complexity index is 1260. The molecule has 4 aromatic rings. The summed E-state index contributed by atoms with van der Waals surface area (Å²) in [5.74, 6) is -0.945. The number of aromatic nitrogens is 2. The van der Waals surface area contributed by atoms with Crippen LogP contribution in [0.3, 0.4) is 0 Å². The maximum Gasteiger partial charge on any atom is 0.416 e. The predicted octanol–water partition coefficient (Wildman–Crippen LogP) is 5.34. The fraction of sp³-hybridized carbons (Fsp3) is 0.0909. The van der Waals surface area contributed by atoms with E-state index in [0.717, 1.165) is 28.6 Å². The number of H-pyrrole nitrogens is 1. The van der Waals surface area contributed by atoms with Crippen LogP contribution in [0.2, 0.25) is 0 Å². The minimum Gasteiger partial charge on any atom is -0.329 e.